The molecule has 156 valence electrons. The first-order valence-corrected chi connectivity index (χ1v) is 10.7. The summed E-state index contributed by atoms with van der Waals surface area (Å²) in [6, 6.07) is 11.7. The van der Waals surface area contributed by atoms with Gasteiger partial charge in [-0.1, -0.05) is 52.7 Å². The Morgan fingerprint density at radius 1 is 1.06 bits per heavy atom. The number of nitrogens with zero attached hydrogens (tertiary/aromatic N) is 3. The zero-order chi connectivity index (χ0) is 22.0. The average molecular weight is 473 g/mol. The summed E-state index contributed by atoms with van der Waals surface area (Å²) in [4.78, 5) is 38.1. The highest BCUT2D eigenvalue weighted by Gasteiger charge is 2.34. The van der Waals surface area contributed by atoms with Crippen LogP contribution in [0, 0.1) is 0 Å². The summed E-state index contributed by atoms with van der Waals surface area (Å²) >= 11 is 13.1. The van der Waals surface area contributed by atoms with Crippen molar-refractivity contribution in [2.75, 3.05) is 11.9 Å². The Morgan fingerprint density at radius 2 is 1.77 bits per heavy atom. The van der Waals surface area contributed by atoms with Crippen LogP contribution in [0.3, 0.4) is 0 Å². The third kappa shape index (κ3) is 4.66. The van der Waals surface area contributed by atoms with Gasteiger partial charge in [0.1, 0.15) is 5.01 Å². The van der Waals surface area contributed by atoms with Crippen LogP contribution in [0.2, 0.25) is 10.0 Å². The Labute approximate surface area is 191 Å². The largest absolute Gasteiger partial charge is 0.297 e. The Hall–Kier alpha value is -3.07. The van der Waals surface area contributed by atoms with E-state index in [0.717, 1.165) is 0 Å². The maximum Gasteiger partial charge on any atom is 0.261 e. The third-order valence-electron chi connectivity index (χ3n) is 4.50. The zero-order valence-electron chi connectivity index (χ0n) is 15.8. The summed E-state index contributed by atoms with van der Waals surface area (Å²) in [7, 11) is 0. The van der Waals surface area contributed by atoms with Crippen LogP contribution >= 0.6 is 34.5 Å². The van der Waals surface area contributed by atoms with E-state index < -0.39 is 5.91 Å². The predicted octanol–water partition coefficient (Wildman–Crippen LogP) is 4.34. The van der Waals surface area contributed by atoms with Crippen LogP contribution in [0.15, 0.2) is 48.5 Å². The zero-order valence-corrected chi connectivity index (χ0v) is 18.2. The van der Waals surface area contributed by atoms with E-state index in [2.05, 4.69) is 15.5 Å². The molecular formula is C21H14Cl2N4O3S. The van der Waals surface area contributed by atoms with Crippen molar-refractivity contribution in [2.45, 2.75) is 6.42 Å². The molecule has 7 nitrogen and oxygen atoms in total. The number of fused-ring (bicyclic) bond motifs is 1. The molecule has 0 saturated carbocycles. The molecule has 0 atom stereocenters. The Kier molecular flexibility index (Phi) is 6.13. The second kappa shape index (κ2) is 8.97. The molecule has 1 aliphatic rings. The van der Waals surface area contributed by atoms with Crippen LogP contribution in [0.5, 0.6) is 0 Å². The van der Waals surface area contributed by atoms with E-state index in [1.165, 1.54) is 22.3 Å². The van der Waals surface area contributed by atoms with Crippen molar-refractivity contribution in [3.05, 3.63) is 80.3 Å². The monoisotopic (exact) mass is 472 g/mol. The number of amides is 3. The number of benzene rings is 2. The van der Waals surface area contributed by atoms with Crippen molar-refractivity contribution in [1.82, 2.24) is 15.1 Å². The molecule has 0 fully saturated rings. The number of nitrogens with one attached hydrogen (secondary N) is 1. The first-order chi connectivity index (χ1) is 14.9. The number of halogens is 2. The van der Waals surface area contributed by atoms with Gasteiger partial charge >= 0.3 is 0 Å². The number of hydrogen-bond acceptors (Lipinski definition) is 6. The molecule has 0 saturated heterocycles. The second-order valence-corrected chi connectivity index (χ2v) is 8.45. The fraction of sp³-hybridized carbons (Fsp3) is 0.0952. The lowest BCUT2D eigenvalue weighted by atomic mass is 10.1. The van der Waals surface area contributed by atoms with Crippen LogP contribution in [-0.2, 0) is 11.2 Å². The number of carbonyl (C=O) groups is 3. The smallest absolute Gasteiger partial charge is 0.261 e. The van der Waals surface area contributed by atoms with Crippen LogP contribution in [-0.4, -0.2) is 39.4 Å². The van der Waals surface area contributed by atoms with Gasteiger partial charge in [-0.3, -0.25) is 24.6 Å². The van der Waals surface area contributed by atoms with Crippen molar-refractivity contribution >= 4 is 63.5 Å². The molecule has 31 heavy (non-hydrogen) atoms. The predicted molar refractivity (Wildman–Crippen MR) is 120 cm³/mol. The SMILES string of the molecule is O=C(/C=C/c1ccc(Cl)cc1Cl)Nc1nnc(CCN2C(=O)c3ccccc3C2=O)s1. The standard InChI is InChI=1S/C21H14Cl2N4O3S/c22-13-7-5-12(16(23)11-13)6-8-17(28)24-21-26-25-18(31-21)9-10-27-19(29)14-3-1-2-4-15(14)20(27)30/h1-8,11H,9-10H2,(H,24,26,28)/b8-6+. The van der Waals surface area contributed by atoms with Crippen molar-refractivity contribution in [2.24, 2.45) is 0 Å². The molecule has 0 unspecified atom stereocenters. The van der Waals surface area contributed by atoms with E-state index >= 15 is 0 Å². The molecule has 0 spiro atoms. The highest BCUT2D eigenvalue weighted by Crippen LogP contribution is 2.24. The Balaban J connectivity index is 1.34. The number of anilines is 1. The van der Waals surface area contributed by atoms with Crippen molar-refractivity contribution in [3.8, 4) is 0 Å². The molecule has 3 aromatic rings. The van der Waals surface area contributed by atoms with Gasteiger partial charge < -0.3 is 0 Å². The summed E-state index contributed by atoms with van der Waals surface area (Å²) in [6.45, 7) is 0.184. The molecule has 1 aliphatic heterocycles. The van der Waals surface area contributed by atoms with Gasteiger partial charge in [-0.25, -0.2) is 0 Å². The van der Waals surface area contributed by atoms with Gasteiger partial charge in [0.25, 0.3) is 11.8 Å². The molecule has 1 N–H and O–H groups in total. The number of hydrogen-bond donors (Lipinski definition) is 1. The number of aromatic nitrogens is 2. The molecule has 10 heteroatoms. The van der Waals surface area contributed by atoms with Crippen LogP contribution < -0.4 is 5.32 Å². The quantitative estimate of drug-likeness (QED) is 0.425. The second-order valence-electron chi connectivity index (χ2n) is 6.55. The fourth-order valence-electron chi connectivity index (χ4n) is 3.00. The summed E-state index contributed by atoms with van der Waals surface area (Å²) in [6.07, 6.45) is 3.24. The van der Waals surface area contributed by atoms with Gasteiger partial charge in [-0.15, -0.1) is 10.2 Å². The van der Waals surface area contributed by atoms with Crippen molar-refractivity contribution < 1.29 is 14.4 Å². The molecule has 4 rings (SSSR count). The molecule has 0 aliphatic carbocycles. The molecule has 2 heterocycles. The molecule has 0 bridgehead atoms. The number of imide groups is 1. The highest BCUT2D eigenvalue weighted by atomic mass is 35.5. The summed E-state index contributed by atoms with van der Waals surface area (Å²) in [5.74, 6) is -1.02. The highest BCUT2D eigenvalue weighted by molar-refractivity contribution is 7.15. The minimum absolute atomic E-state index is 0.184. The topological polar surface area (TPSA) is 92.3 Å². The van der Waals surface area contributed by atoms with Crippen LogP contribution in [0.25, 0.3) is 6.08 Å². The maximum atomic E-state index is 12.4. The lowest BCUT2D eigenvalue weighted by Gasteiger charge is -2.11. The lowest BCUT2D eigenvalue weighted by molar-refractivity contribution is -0.111. The minimum atomic E-state index is -0.394. The molecular weight excluding hydrogens is 459 g/mol. The van der Waals surface area contributed by atoms with Gasteiger partial charge in [-0.05, 0) is 35.9 Å². The van der Waals surface area contributed by atoms with E-state index in [9.17, 15) is 14.4 Å². The van der Waals surface area contributed by atoms with Gasteiger partial charge in [0.2, 0.25) is 11.0 Å². The molecule has 2 aromatic carbocycles. The van der Waals surface area contributed by atoms with Gasteiger partial charge in [-0.2, -0.15) is 0 Å². The van der Waals surface area contributed by atoms with E-state index in [1.807, 2.05) is 0 Å². The first-order valence-electron chi connectivity index (χ1n) is 9.14. The van der Waals surface area contributed by atoms with E-state index in [0.29, 0.717) is 43.3 Å². The lowest BCUT2D eigenvalue weighted by Crippen LogP contribution is -2.31. The van der Waals surface area contributed by atoms with E-state index in [-0.39, 0.29) is 18.4 Å². The van der Waals surface area contributed by atoms with Gasteiger partial charge in [0, 0.05) is 29.1 Å². The van der Waals surface area contributed by atoms with Gasteiger partial charge in [0.05, 0.1) is 11.1 Å². The number of rotatable bonds is 6. The summed E-state index contributed by atoms with van der Waals surface area (Å²) in [5, 5.41) is 12.4. The van der Waals surface area contributed by atoms with Gasteiger partial charge in [0.15, 0.2) is 0 Å². The molecule has 1 aromatic heterocycles. The van der Waals surface area contributed by atoms with Crippen LogP contribution in [0.1, 0.15) is 31.3 Å². The third-order valence-corrected chi connectivity index (χ3v) is 5.96. The fourth-order valence-corrected chi connectivity index (χ4v) is 4.21. The maximum absolute atomic E-state index is 12.4. The van der Waals surface area contributed by atoms with Crippen molar-refractivity contribution in [3.63, 3.8) is 0 Å². The minimum Gasteiger partial charge on any atom is -0.297 e. The molecule has 3 amide bonds. The van der Waals surface area contributed by atoms with E-state index in [1.54, 1.807) is 48.5 Å². The van der Waals surface area contributed by atoms with E-state index in [4.69, 9.17) is 23.2 Å². The van der Waals surface area contributed by atoms with Crippen LogP contribution in [0.4, 0.5) is 5.13 Å². The average Bonchev–Trinajstić information content (AvgIpc) is 3.29. The summed E-state index contributed by atoms with van der Waals surface area (Å²) in [5.41, 5.74) is 1.47. The molecule has 0 radical (unpaired) electrons. The Bertz CT molecular complexity index is 1190. The Morgan fingerprint density at radius 3 is 2.45 bits per heavy atom. The van der Waals surface area contributed by atoms with Crippen molar-refractivity contribution in [1.29, 1.82) is 0 Å². The normalized spacial score (nSPS) is 13.2. The number of carbonyl (C=O) groups excluding carboxylic acids is 3. The summed E-state index contributed by atoms with van der Waals surface area (Å²) < 4.78 is 0. The first kappa shape index (κ1) is 21.2.